The van der Waals surface area contributed by atoms with Crippen LogP contribution in [0, 0.1) is 24.0 Å². The molecule has 0 aliphatic rings. The summed E-state index contributed by atoms with van der Waals surface area (Å²) in [5, 5.41) is 20.2. The number of aryl methyl sites for hydroxylation is 2. The van der Waals surface area contributed by atoms with Gasteiger partial charge in [-0.15, -0.1) is 0 Å². The molecule has 1 heterocycles. The predicted octanol–water partition coefficient (Wildman–Crippen LogP) is 2.95. The molecule has 1 aromatic carbocycles. The molecule has 0 atom stereocenters. The third-order valence-electron chi connectivity index (χ3n) is 2.72. The second-order valence-electron chi connectivity index (χ2n) is 4.22. The second kappa shape index (κ2) is 5.41. The van der Waals surface area contributed by atoms with Gasteiger partial charge in [0, 0.05) is 22.2 Å². The third kappa shape index (κ3) is 2.85. The normalized spacial score (nSPS) is 10.3. The van der Waals surface area contributed by atoms with Gasteiger partial charge < -0.3 is 5.32 Å². The first kappa shape index (κ1) is 14.2. The molecule has 7 nitrogen and oxygen atoms in total. The fourth-order valence-corrected chi connectivity index (χ4v) is 2.21. The summed E-state index contributed by atoms with van der Waals surface area (Å²) in [5.74, 6) is -0.429. The molecule has 2 N–H and O–H groups in total. The van der Waals surface area contributed by atoms with E-state index < -0.39 is 10.8 Å². The van der Waals surface area contributed by atoms with E-state index in [-0.39, 0.29) is 11.3 Å². The first-order valence-electron chi connectivity index (χ1n) is 5.66. The topological polar surface area (TPSA) is 101 Å². The van der Waals surface area contributed by atoms with E-state index in [1.807, 2.05) is 0 Å². The first-order valence-corrected chi connectivity index (χ1v) is 6.45. The summed E-state index contributed by atoms with van der Waals surface area (Å²) in [6, 6.07) is 4.09. The van der Waals surface area contributed by atoms with Gasteiger partial charge in [-0.25, -0.2) is 0 Å². The lowest BCUT2D eigenvalue weighted by Gasteiger charge is -2.06. The van der Waals surface area contributed by atoms with E-state index in [1.54, 1.807) is 13.8 Å². The van der Waals surface area contributed by atoms with Gasteiger partial charge in [-0.2, -0.15) is 5.10 Å². The number of rotatable bonds is 3. The van der Waals surface area contributed by atoms with Gasteiger partial charge in [0.2, 0.25) is 0 Å². The molecule has 0 saturated heterocycles. The Kier molecular flexibility index (Phi) is 3.84. The summed E-state index contributed by atoms with van der Waals surface area (Å²) in [6.45, 7) is 3.53. The molecule has 2 rings (SSSR count). The number of aromatic amines is 1. The molecule has 0 unspecified atom stereocenters. The Balaban J connectivity index is 2.32. The van der Waals surface area contributed by atoms with E-state index in [2.05, 4.69) is 31.4 Å². The highest BCUT2D eigenvalue weighted by molar-refractivity contribution is 9.10. The van der Waals surface area contributed by atoms with Crippen LogP contribution in [0.5, 0.6) is 0 Å². The smallest absolute Gasteiger partial charge is 0.271 e. The van der Waals surface area contributed by atoms with Gasteiger partial charge in [-0.05, 0) is 19.9 Å². The van der Waals surface area contributed by atoms with Crippen LogP contribution in [0.15, 0.2) is 22.7 Å². The largest absolute Gasteiger partial charge is 0.319 e. The van der Waals surface area contributed by atoms with Gasteiger partial charge in [0.05, 0.1) is 22.0 Å². The molecule has 0 radical (unpaired) electrons. The van der Waals surface area contributed by atoms with E-state index in [0.29, 0.717) is 15.9 Å². The number of anilines is 1. The molecule has 0 spiro atoms. The SMILES string of the molecule is Cc1n[nH]c(C)c1NC(=O)c1cc(Br)cc([N+](=O)[O-])c1. The maximum absolute atomic E-state index is 12.1. The van der Waals surface area contributed by atoms with Crippen LogP contribution in [0.25, 0.3) is 0 Å². The standard InChI is InChI=1S/C12H11BrN4O3/c1-6-11(7(2)16-15-6)14-12(18)8-3-9(13)5-10(4-8)17(19)20/h3-5H,1-2H3,(H,14,18)(H,15,16). The molecule has 20 heavy (non-hydrogen) atoms. The van der Waals surface area contributed by atoms with Crippen LogP contribution in [0.2, 0.25) is 0 Å². The molecule has 0 aliphatic carbocycles. The summed E-state index contributed by atoms with van der Waals surface area (Å²) < 4.78 is 0.470. The minimum atomic E-state index is -0.546. The molecular formula is C12H11BrN4O3. The minimum absolute atomic E-state index is 0.148. The molecule has 1 amide bonds. The molecule has 0 bridgehead atoms. The van der Waals surface area contributed by atoms with Crippen LogP contribution >= 0.6 is 15.9 Å². The number of non-ortho nitro benzene ring substituents is 1. The average molecular weight is 339 g/mol. The minimum Gasteiger partial charge on any atom is -0.319 e. The molecule has 0 saturated carbocycles. The van der Waals surface area contributed by atoms with Gasteiger partial charge in [0.15, 0.2) is 0 Å². The molecule has 0 fully saturated rings. The Morgan fingerprint density at radius 1 is 1.40 bits per heavy atom. The lowest BCUT2D eigenvalue weighted by molar-refractivity contribution is -0.384. The number of nitrogens with zero attached hydrogens (tertiary/aromatic N) is 2. The van der Waals surface area contributed by atoms with E-state index in [9.17, 15) is 14.9 Å². The van der Waals surface area contributed by atoms with E-state index >= 15 is 0 Å². The summed E-state index contributed by atoms with van der Waals surface area (Å²) in [6.07, 6.45) is 0. The van der Waals surface area contributed by atoms with Crippen molar-refractivity contribution < 1.29 is 9.72 Å². The molecule has 8 heteroatoms. The fraction of sp³-hybridized carbons (Fsp3) is 0.167. The Bertz CT molecular complexity index is 677. The van der Waals surface area contributed by atoms with Crippen molar-refractivity contribution in [1.82, 2.24) is 10.2 Å². The Morgan fingerprint density at radius 2 is 2.10 bits per heavy atom. The molecular weight excluding hydrogens is 328 g/mol. The number of benzene rings is 1. The number of halogens is 1. The van der Waals surface area contributed by atoms with E-state index in [0.717, 1.165) is 5.69 Å². The predicted molar refractivity (Wildman–Crippen MR) is 76.8 cm³/mol. The van der Waals surface area contributed by atoms with E-state index in [4.69, 9.17) is 0 Å². The zero-order valence-corrected chi connectivity index (χ0v) is 12.3. The van der Waals surface area contributed by atoms with Crippen molar-refractivity contribution in [3.63, 3.8) is 0 Å². The van der Waals surface area contributed by atoms with Gasteiger partial charge in [-0.1, -0.05) is 15.9 Å². The Hall–Kier alpha value is -2.22. The number of amides is 1. The van der Waals surface area contributed by atoms with Crippen LogP contribution in [-0.2, 0) is 0 Å². The molecule has 2 aromatic rings. The van der Waals surface area contributed by atoms with E-state index in [1.165, 1.54) is 18.2 Å². The zero-order chi connectivity index (χ0) is 14.9. The zero-order valence-electron chi connectivity index (χ0n) is 10.7. The number of hydrogen-bond acceptors (Lipinski definition) is 4. The summed E-state index contributed by atoms with van der Waals surface area (Å²) in [5.41, 5.74) is 2.01. The Morgan fingerprint density at radius 3 is 2.65 bits per heavy atom. The molecule has 104 valence electrons. The number of aromatic nitrogens is 2. The van der Waals surface area contributed by atoms with Crippen LogP contribution in [-0.4, -0.2) is 21.0 Å². The van der Waals surface area contributed by atoms with Crippen molar-refractivity contribution in [1.29, 1.82) is 0 Å². The number of carbonyl (C=O) groups is 1. The summed E-state index contributed by atoms with van der Waals surface area (Å²) in [7, 11) is 0. The van der Waals surface area contributed by atoms with Crippen molar-refractivity contribution in [3.8, 4) is 0 Å². The number of carbonyl (C=O) groups excluding carboxylic acids is 1. The Labute approximate surface area is 122 Å². The lowest BCUT2D eigenvalue weighted by Crippen LogP contribution is -2.13. The van der Waals surface area contributed by atoms with Crippen molar-refractivity contribution in [2.24, 2.45) is 0 Å². The first-order chi connectivity index (χ1) is 9.38. The van der Waals surface area contributed by atoms with Crippen LogP contribution in [0.4, 0.5) is 11.4 Å². The van der Waals surface area contributed by atoms with Gasteiger partial charge >= 0.3 is 0 Å². The quantitative estimate of drug-likeness (QED) is 0.663. The number of nitro benzene ring substituents is 1. The maximum atomic E-state index is 12.1. The maximum Gasteiger partial charge on any atom is 0.271 e. The van der Waals surface area contributed by atoms with Crippen LogP contribution in [0.1, 0.15) is 21.7 Å². The summed E-state index contributed by atoms with van der Waals surface area (Å²) in [4.78, 5) is 22.4. The monoisotopic (exact) mass is 338 g/mol. The number of hydrogen-bond donors (Lipinski definition) is 2. The molecule has 1 aromatic heterocycles. The van der Waals surface area contributed by atoms with Crippen molar-refractivity contribution >= 4 is 33.2 Å². The van der Waals surface area contributed by atoms with Crippen LogP contribution in [0.3, 0.4) is 0 Å². The number of nitrogens with one attached hydrogen (secondary N) is 2. The highest BCUT2D eigenvalue weighted by Gasteiger charge is 2.16. The number of H-pyrrole nitrogens is 1. The highest BCUT2D eigenvalue weighted by atomic mass is 79.9. The second-order valence-corrected chi connectivity index (χ2v) is 5.13. The van der Waals surface area contributed by atoms with Gasteiger partial charge in [-0.3, -0.25) is 20.0 Å². The highest BCUT2D eigenvalue weighted by Crippen LogP contribution is 2.23. The van der Waals surface area contributed by atoms with Gasteiger partial charge in [0.25, 0.3) is 11.6 Å². The van der Waals surface area contributed by atoms with Crippen molar-refractivity contribution in [2.75, 3.05) is 5.32 Å². The molecule has 0 aliphatic heterocycles. The average Bonchev–Trinajstić information content (AvgIpc) is 2.69. The van der Waals surface area contributed by atoms with Crippen molar-refractivity contribution in [3.05, 3.63) is 49.7 Å². The number of nitro groups is 1. The van der Waals surface area contributed by atoms with Crippen LogP contribution < -0.4 is 5.32 Å². The van der Waals surface area contributed by atoms with Gasteiger partial charge in [0.1, 0.15) is 0 Å². The third-order valence-corrected chi connectivity index (χ3v) is 3.18. The fourth-order valence-electron chi connectivity index (χ4n) is 1.73. The van der Waals surface area contributed by atoms with Crippen molar-refractivity contribution in [2.45, 2.75) is 13.8 Å². The lowest BCUT2D eigenvalue weighted by atomic mass is 10.2. The summed E-state index contributed by atoms with van der Waals surface area (Å²) >= 11 is 3.15.